The van der Waals surface area contributed by atoms with Crippen LogP contribution in [0.4, 0.5) is 0 Å². The van der Waals surface area contributed by atoms with Gasteiger partial charge in [0, 0.05) is 19.1 Å². The van der Waals surface area contributed by atoms with Crippen LogP contribution in [0.5, 0.6) is 0 Å². The quantitative estimate of drug-likeness (QED) is 0.769. The maximum absolute atomic E-state index is 9.85. The number of hydrogen-bond donors (Lipinski definition) is 1. The van der Waals surface area contributed by atoms with E-state index in [1.165, 1.54) is 19.3 Å². The van der Waals surface area contributed by atoms with Gasteiger partial charge in [-0.1, -0.05) is 13.3 Å². The highest BCUT2D eigenvalue weighted by Gasteiger charge is 2.31. The van der Waals surface area contributed by atoms with Crippen molar-refractivity contribution in [2.24, 2.45) is 5.92 Å². The molecule has 17 heavy (non-hydrogen) atoms. The van der Waals surface area contributed by atoms with Crippen LogP contribution in [0.15, 0.2) is 0 Å². The van der Waals surface area contributed by atoms with Gasteiger partial charge >= 0.3 is 0 Å². The van der Waals surface area contributed by atoms with Gasteiger partial charge < -0.3 is 14.9 Å². The first-order chi connectivity index (χ1) is 8.04. The van der Waals surface area contributed by atoms with Crippen molar-refractivity contribution in [3.05, 3.63) is 0 Å². The molecule has 1 N–H and O–H groups in total. The first-order valence-electron chi connectivity index (χ1n) is 7.07. The molecule has 3 unspecified atom stereocenters. The lowest BCUT2D eigenvalue weighted by Gasteiger charge is -2.40. The number of aliphatic hydroxyl groups excluding tert-OH is 1. The second-order valence-corrected chi connectivity index (χ2v) is 5.87. The number of likely N-dealkylation sites (N-methyl/N-ethyl adjacent to an activating group) is 2. The van der Waals surface area contributed by atoms with Crippen molar-refractivity contribution in [2.45, 2.75) is 51.2 Å². The molecule has 0 aliphatic heterocycles. The van der Waals surface area contributed by atoms with Crippen LogP contribution in [0, 0.1) is 5.92 Å². The molecule has 0 aromatic heterocycles. The Bertz CT molecular complexity index is 208. The van der Waals surface area contributed by atoms with E-state index in [2.05, 4.69) is 37.9 Å². The molecule has 3 heteroatoms. The van der Waals surface area contributed by atoms with Gasteiger partial charge in [0.05, 0.1) is 6.10 Å². The van der Waals surface area contributed by atoms with Crippen LogP contribution in [0.1, 0.15) is 39.0 Å². The fourth-order valence-corrected chi connectivity index (χ4v) is 2.96. The van der Waals surface area contributed by atoms with Crippen LogP contribution in [0.3, 0.4) is 0 Å². The molecule has 0 heterocycles. The van der Waals surface area contributed by atoms with E-state index in [9.17, 15) is 5.11 Å². The Morgan fingerprint density at radius 1 is 1.12 bits per heavy atom. The maximum Gasteiger partial charge on any atom is 0.0555 e. The van der Waals surface area contributed by atoms with Crippen LogP contribution in [-0.4, -0.2) is 61.3 Å². The molecule has 3 atom stereocenters. The fraction of sp³-hybridized carbons (Fsp3) is 1.00. The standard InChI is InChI=1S/C14H30N2O/c1-5-6-12-7-8-13(17)11-14(12)16(4)10-9-15(2)3/h12-14,17H,5-11H2,1-4H3. The van der Waals surface area contributed by atoms with Crippen LogP contribution in [0.25, 0.3) is 0 Å². The lowest BCUT2D eigenvalue weighted by atomic mass is 9.79. The minimum Gasteiger partial charge on any atom is -0.393 e. The van der Waals surface area contributed by atoms with Crippen LogP contribution >= 0.6 is 0 Å². The zero-order valence-electron chi connectivity index (χ0n) is 12.0. The first-order valence-corrected chi connectivity index (χ1v) is 7.07. The average Bonchev–Trinajstić information content (AvgIpc) is 2.28. The van der Waals surface area contributed by atoms with Crippen molar-refractivity contribution in [1.29, 1.82) is 0 Å². The number of rotatable bonds is 6. The van der Waals surface area contributed by atoms with Crippen molar-refractivity contribution in [1.82, 2.24) is 9.80 Å². The number of aliphatic hydroxyl groups is 1. The number of nitrogens with zero attached hydrogens (tertiary/aromatic N) is 2. The Hall–Kier alpha value is -0.120. The summed E-state index contributed by atoms with van der Waals surface area (Å²) in [4.78, 5) is 4.69. The van der Waals surface area contributed by atoms with Crippen LogP contribution in [-0.2, 0) is 0 Å². The lowest BCUT2D eigenvalue weighted by Crippen LogP contribution is -2.45. The topological polar surface area (TPSA) is 26.7 Å². The van der Waals surface area contributed by atoms with Gasteiger partial charge in [-0.05, 0) is 52.7 Å². The van der Waals surface area contributed by atoms with E-state index in [-0.39, 0.29) is 6.10 Å². The largest absolute Gasteiger partial charge is 0.393 e. The van der Waals surface area contributed by atoms with Gasteiger partial charge in [0.2, 0.25) is 0 Å². The second kappa shape index (κ2) is 7.34. The molecule has 0 radical (unpaired) electrons. The average molecular weight is 242 g/mol. The minimum atomic E-state index is -0.0742. The van der Waals surface area contributed by atoms with Gasteiger partial charge in [0.1, 0.15) is 0 Å². The molecular formula is C14H30N2O. The molecule has 0 amide bonds. The summed E-state index contributed by atoms with van der Waals surface area (Å²) in [6.07, 6.45) is 5.67. The number of hydrogen-bond acceptors (Lipinski definition) is 3. The molecule has 1 aliphatic rings. The van der Waals surface area contributed by atoms with Crippen molar-refractivity contribution < 1.29 is 5.11 Å². The van der Waals surface area contributed by atoms with Crippen molar-refractivity contribution in [3.8, 4) is 0 Å². The molecule has 1 aliphatic carbocycles. The summed E-state index contributed by atoms with van der Waals surface area (Å²) >= 11 is 0. The van der Waals surface area contributed by atoms with Crippen molar-refractivity contribution >= 4 is 0 Å². The summed E-state index contributed by atoms with van der Waals surface area (Å²) in [6, 6.07) is 0.582. The van der Waals surface area contributed by atoms with E-state index < -0.39 is 0 Å². The summed E-state index contributed by atoms with van der Waals surface area (Å²) in [5.74, 6) is 0.788. The smallest absolute Gasteiger partial charge is 0.0555 e. The summed E-state index contributed by atoms with van der Waals surface area (Å²) < 4.78 is 0. The third kappa shape index (κ3) is 4.94. The third-order valence-corrected chi connectivity index (χ3v) is 4.05. The third-order valence-electron chi connectivity index (χ3n) is 4.05. The normalized spacial score (nSPS) is 30.2. The van der Waals surface area contributed by atoms with Crippen LogP contribution < -0.4 is 0 Å². The van der Waals surface area contributed by atoms with E-state index in [0.29, 0.717) is 6.04 Å². The van der Waals surface area contributed by atoms with Gasteiger partial charge in [-0.25, -0.2) is 0 Å². The van der Waals surface area contributed by atoms with E-state index in [4.69, 9.17) is 0 Å². The molecule has 1 rings (SSSR count). The first kappa shape index (κ1) is 14.9. The zero-order chi connectivity index (χ0) is 12.8. The molecule has 0 spiro atoms. The molecule has 0 saturated heterocycles. The summed E-state index contributed by atoms with van der Waals surface area (Å²) in [7, 11) is 6.45. The van der Waals surface area contributed by atoms with Crippen LogP contribution in [0.2, 0.25) is 0 Å². The van der Waals surface area contributed by atoms with Gasteiger partial charge in [-0.2, -0.15) is 0 Å². The maximum atomic E-state index is 9.85. The lowest BCUT2D eigenvalue weighted by molar-refractivity contribution is 0.0327. The summed E-state index contributed by atoms with van der Waals surface area (Å²) in [5, 5.41) is 9.85. The molecule has 0 aromatic carbocycles. The van der Waals surface area contributed by atoms with E-state index in [1.807, 2.05) is 0 Å². The fourth-order valence-electron chi connectivity index (χ4n) is 2.96. The van der Waals surface area contributed by atoms with Crippen molar-refractivity contribution in [2.75, 3.05) is 34.2 Å². The Labute approximate surface area is 107 Å². The monoisotopic (exact) mass is 242 g/mol. The minimum absolute atomic E-state index is 0.0742. The zero-order valence-corrected chi connectivity index (χ0v) is 12.0. The second-order valence-electron chi connectivity index (χ2n) is 5.87. The van der Waals surface area contributed by atoms with Crippen molar-refractivity contribution in [3.63, 3.8) is 0 Å². The highest BCUT2D eigenvalue weighted by atomic mass is 16.3. The van der Waals surface area contributed by atoms with Gasteiger partial charge in [-0.3, -0.25) is 0 Å². The molecule has 1 saturated carbocycles. The Balaban J connectivity index is 2.49. The van der Waals surface area contributed by atoms with E-state index in [0.717, 1.165) is 31.8 Å². The molecule has 0 bridgehead atoms. The summed E-state index contributed by atoms with van der Waals surface area (Å²) in [5.41, 5.74) is 0. The van der Waals surface area contributed by atoms with Gasteiger partial charge in [-0.15, -0.1) is 0 Å². The Kier molecular flexibility index (Phi) is 6.45. The predicted molar refractivity (Wildman–Crippen MR) is 73.2 cm³/mol. The molecule has 1 fully saturated rings. The molecule has 0 aromatic rings. The van der Waals surface area contributed by atoms with Gasteiger partial charge in [0.15, 0.2) is 0 Å². The Morgan fingerprint density at radius 3 is 2.41 bits per heavy atom. The molecule has 3 nitrogen and oxygen atoms in total. The predicted octanol–water partition coefficient (Wildman–Crippen LogP) is 1.81. The van der Waals surface area contributed by atoms with E-state index >= 15 is 0 Å². The molecular weight excluding hydrogens is 212 g/mol. The van der Waals surface area contributed by atoms with E-state index in [1.54, 1.807) is 0 Å². The SMILES string of the molecule is CCCC1CCC(O)CC1N(C)CCN(C)C. The van der Waals surface area contributed by atoms with Gasteiger partial charge in [0.25, 0.3) is 0 Å². The molecule has 102 valence electrons. The highest BCUT2D eigenvalue weighted by Crippen LogP contribution is 2.31. The summed E-state index contributed by atoms with van der Waals surface area (Å²) in [6.45, 7) is 4.47. The Morgan fingerprint density at radius 2 is 1.82 bits per heavy atom. The highest BCUT2D eigenvalue weighted by molar-refractivity contribution is 4.85.